The van der Waals surface area contributed by atoms with E-state index in [4.69, 9.17) is 0 Å². The molecule has 3 nitrogen and oxygen atoms in total. The largest absolute Gasteiger partial charge is 0.311 e. The van der Waals surface area contributed by atoms with Crippen molar-refractivity contribution in [1.29, 1.82) is 0 Å². The maximum Gasteiger partial charge on any atom is 0.252 e. The van der Waals surface area contributed by atoms with E-state index in [1.54, 1.807) is 0 Å². The zero-order valence-corrected chi connectivity index (χ0v) is 52.3. The van der Waals surface area contributed by atoms with Crippen molar-refractivity contribution in [3.05, 3.63) is 384 Å². The number of para-hydroxylation sites is 2. The summed E-state index contributed by atoms with van der Waals surface area (Å²) in [6.07, 6.45) is 0. The summed E-state index contributed by atoms with van der Waals surface area (Å²) in [6.45, 7) is -0.240. The van der Waals surface area contributed by atoms with Crippen LogP contribution in [0.3, 0.4) is 0 Å². The number of rotatable bonds is 5. The van der Waals surface area contributed by atoms with Gasteiger partial charge in [-0.2, -0.15) is 0 Å². The van der Waals surface area contributed by atoms with E-state index < -0.39 is 10.8 Å². The van der Waals surface area contributed by atoms with Crippen molar-refractivity contribution in [2.45, 2.75) is 10.8 Å². The van der Waals surface area contributed by atoms with E-state index >= 15 is 0 Å². The minimum Gasteiger partial charge on any atom is -0.311 e. The molecule has 0 amide bonds. The molecular formula is C92H56BN3. The van der Waals surface area contributed by atoms with E-state index in [0.717, 1.165) is 34.1 Å². The van der Waals surface area contributed by atoms with Crippen molar-refractivity contribution in [2.24, 2.45) is 0 Å². The zero-order chi connectivity index (χ0) is 62.5. The molecule has 0 unspecified atom stereocenters. The lowest BCUT2D eigenvalue weighted by Crippen LogP contribution is -2.62. The van der Waals surface area contributed by atoms with Crippen molar-refractivity contribution in [1.82, 2.24) is 4.57 Å². The van der Waals surface area contributed by atoms with Gasteiger partial charge < -0.3 is 14.4 Å². The molecule has 6 aliphatic rings. The topological polar surface area (TPSA) is 11.4 Å². The van der Waals surface area contributed by atoms with Gasteiger partial charge in [0.25, 0.3) is 6.71 Å². The Balaban J connectivity index is 0.906. The maximum absolute atomic E-state index is 2.71. The fourth-order valence-electron chi connectivity index (χ4n) is 19.0. The monoisotopic (exact) mass is 1210 g/mol. The van der Waals surface area contributed by atoms with Gasteiger partial charge in [-0.15, -0.1) is 0 Å². The van der Waals surface area contributed by atoms with Crippen LogP contribution >= 0.6 is 0 Å². The molecule has 0 bridgehead atoms. The van der Waals surface area contributed by atoms with Gasteiger partial charge in [0.05, 0.1) is 27.6 Å². The average Bonchev–Trinajstić information content (AvgIpc) is 1.46. The molecule has 3 heterocycles. The van der Waals surface area contributed by atoms with Crippen LogP contribution < -0.4 is 26.2 Å². The van der Waals surface area contributed by atoms with Crippen molar-refractivity contribution in [2.75, 3.05) is 9.80 Å². The fraction of sp³-hybridized carbons (Fsp3) is 0.0217. The molecule has 96 heavy (non-hydrogen) atoms. The summed E-state index contributed by atoms with van der Waals surface area (Å²) in [6, 6.07) is 130. The number of anilines is 6. The Morgan fingerprint density at radius 3 is 1.17 bits per heavy atom. The molecule has 2 spiro atoms. The normalized spacial score (nSPS) is 14.4. The van der Waals surface area contributed by atoms with Gasteiger partial charge in [-0.1, -0.05) is 279 Å². The van der Waals surface area contributed by atoms with Gasteiger partial charge in [0.1, 0.15) is 0 Å². The standard InChI is InChI=1S/C92H56BN3/c1-3-23-57(24-4-1)59-43-46-61(47-44-59)94-84-51-45-60(58-25-5-2-6-26-58)53-81(84)93-89-86(94)55-63(96-82-41-21-13-32-70(82)71-33-14-22-42-83(71)96)56-87(89)95(62-48-49-69-68-31-11-19-39-77(68)92(80(69)54-62)75-37-17-9-29-66(75)67-30-10-18-38-76(67)92)85-52-50-79-88(90(85)93)72-34-12-20-40-78(72)91(79)73-35-15-7-27-64(73)65-28-8-16-36-74(65)91/h1-56H. The first-order valence-electron chi connectivity index (χ1n) is 33.7. The highest BCUT2D eigenvalue weighted by atomic mass is 15.2. The maximum atomic E-state index is 2.71. The van der Waals surface area contributed by atoms with Gasteiger partial charge in [-0.3, -0.25) is 0 Å². The van der Waals surface area contributed by atoms with Gasteiger partial charge >= 0.3 is 0 Å². The van der Waals surface area contributed by atoms with Crippen LogP contribution in [0.2, 0.25) is 0 Å². The van der Waals surface area contributed by atoms with E-state index in [1.807, 2.05) is 0 Å². The third kappa shape index (κ3) is 6.58. The van der Waals surface area contributed by atoms with Crippen molar-refractivity contribution in [3.8, 4) is 72.4 Å². The van der Waals surface area contributed by atoms with Gasteiger partial charge in [0.2, 0.25) is 0 Å². The summed E-state index contributed by atoms with van der Waals surface area (Å²) in [5.41, 5.74) is 38.7. The summed E-state index contributed by atoms with van der Waals surface area (Å²) in [4.78, 5) is 5.32. The van der Waals surface area contributed by atoms with Crippen LogP contribution in [0, 0.1) is 0 Å². The smallest absolute Gasteiger partial charge is 0.252 e. The second kappa shape index (κ2) is 19.2. The molecule has 2 aliphatic heterocycles. The highest BCUT2D eigenvalue weighted by molar-refractivity contribution is 7.01. The Kier molecular flexibility index (Phi) is 10.5. The Morgan fingerprint density at radius 2 is 0.625 bits per heavy atom. The minimum absolute atomic E-state index is 0.240. The Hall–Kier alpha value is -12.2. The SMILES string of the molecule is c1ccc(-c2ccc(N3c4ccc(-c5ccccc5)cc4B4c5c3cc(-n3c6ccccc6c6ccccc63)cc5N(c3ccc5c(c3)C3(c6ccccc6-c6ccccc63)c3ccccc3-5)c3ccc5c(c34)-c3ccccc3C53c4ccccc4-c4ccccc43)cc2)cc1. The number of aromatic nitrogens is 1. The minimum atomic E-state index is -0.576. The summed E-state index contributed by atoms with van der Waals surface area (Å²) < 4.78 is 2.53. The van der Waals surface area contributed by atoms with Crippen LogP contribution in [0.15, 0.2) is 340 Å². The van der Waals surface area contributed by atoms with Crippen LogP contribution in [0.4, 0.5) is 34.1 Å². The first-order valence-corrected chi connectivity index (χ1v) is 33.7. The van der Waals surface area contributed by atoms with E-state index in [9.17, 15) is 0 Å². The number of nitrogens with zero attached hydrogens (tertiary/aromatic N) is 3. The molecule has 442 valence electrons. The molecule has 22 rings (SSSR count). The molecule has 0 saturated carbocycles. The highest BCUT2D eigenvalue weighted by Crippen LogP contribution is 2.66. The van der Waals surface area contributed by atoms with Gasteiger partial charge in [0, 0.05) is 44.9 Å². The average molecular weight is 1210 g/mol. The van der Waals surface area contributed by atoms with E-state index in [1.165, 1.54) is 155 Å². The van der Waals surface area contributed by atoms with Crippen molar-refractivity contribution < 1.29 is 0 Å². The molecule has 16 aromatic rings. The van der Waals surface area contributed by atoms with E-state index in [2.05, 4.69) is 354 Å². The third-order valence-electron chi connectivity index (χ3n) is 22.6. The zero-order valence-electron chi connectivity index (χ0n) is 52.3. The summed E-state index contributed by atoms with van der Waals surface area (Å²) >= 11 is 0. The summed E-state index contributed by atoms with van der Waals surface area (Å²) in [7, 11) is 0. The van der Waals surface area contributed by atoms with Crippen LogP contribution in [0.1, 0.15) is 44.5 Å². The van der Waals surface area contributed by atoms with Crippen LogP contribution in [0.5, 0.6) is 0 Å². The van der Waals surface area contributed by atoms with Crippen LogP contribution in [0.25, 0.3) is 94.3 Å². The van der Waals surface area contributed by atoms with Gasteiger partial charge in [-0.25, -0.2) is 0 Å². The lowest BCUT2D eigenvalue weighted by atomic mass is 9.32. The van der Waals surface area contributed by atoms with Gasteiger partial charge in [-0.05, 0) is 188 Å². The molecular weight excluding hydrogens is 1160 g/mol. The number of benzene rings is 15. The van der Waals surface area contributed by atoms with Crippen LogP contribution in [-0.2, 0) is 10.8 Å². The molecule has 0 N–H and O–H groups in total. The lowest BCUT2D eigenvalue weighted by Gasteiger charge is -2.45. The Bertz CT molecular complexity index is 5900. The van der Waals surface area contributed by atoms with Crippen LogP contribution in [-0.4, -0.2) is 11.3 Å². The Morgan fingerprint density at radius 1 is 0.229 bits per heavy atom. The molecule has 0 fully saturated rings. The molecule has 4 aliphatic carbocycles. The van der Waals surface area contributed by atoms with E-state index in [-0.39, 0.29) is 6.71 Å². The van der Waals surface area contributed by atoms with E-state index in [0.29, 0.717) is 0 Å². The lowest BCUT2D eigenvalue weighted by molar-refractivity contribution is 0.793. The summed E-state index contributed by atoms with van der Waals surface area (Å²) in [5.74, 6) is 0. The predicted molar refractivity (Wildman–Crippen MR) is 398 cm³/mol. The molecule has 1 aromatic heterocycles. The highest BCUT2D eigenvalue weighted by Gasteiger charge is 2.56. The third-order valence-corrected chi connectivity index (χ3v) is 22.6. The molecule has 15 aromatic carbocycles. The second-order valence-corrected chi connectivity index (χ2v) is 26.8. The summed E-state index contributed by atoms with van der Waals surface area (Å²) in [5, 5.41) is 2.45. The molecule has 4 heteroatoms. The predicted octanol–water partition coefficient (Wildman–Crippen LogP) is 20.9. The van der Waals surface area contributed by atoms with Crippen molar-refractivity contribution >= 4 is 79.0 Å². The second-order valence-electron chi connectivity index (χ2n) is 26.8. The molecule has 0 atom stereocenters. The molecule has 0 radical (unpaired) electrons. The number of hydrogen-bond donors (Lipinski definition) is 0. The van der Waals surface area contributed by atoms with Gasteiger partial charge in [0.15, 0.2) is 0 Å². The first kappa shape index (κ1) is 52.3. The fourth-order valence-corrected chi connectivity index (χ4v) is 19.0. The number of fused-ring (bicyclic) bond motifs is 28. The first-order chi connectivity index (χ1) is 47.7. The quantitative estimate of drug-likeness (QED) is 0.159. The Labute approximate surface area is 557 Å². The number of hydrogen-bond acceptors (Lipinski definition) is 2. The van der Waals surface area contributed by atoms with Crippen molar-refractivity contribution in [3.63, 3.8) is 0 Å². The molecule has 0 saturated heterocycles.